The Hall–Kier alpha value is -3.09. The molecule has 0 bridgehead atoms. The number of carbonyl (C=O) groups is 1. The zero-order chi connectivity index (χ0) is 21.6. The first-order valence-corrected chi connectivity index (χ1v) is 11.1. The number of thioether (sulfide) groups is 1. The van der Waals surface area contributed by atoms with Gasteiger partial charge in [0.2, 0.25) is 0 Å². The van der Waals surface area contributed by atoms with Crippen LogP contribution in [0.25, 0.3) is 5.69 Å². The number of para-hydroxylation sites is 1. The molecule has 0 fully saturated rings. The zero-order valence-corrected chi connectivity index (χ0v) is 18.4. The predicted octanol–water partition coefficient (Wildman–Crippen LogP) is 5.78. The minimum Gasteiger partial charge on any atom is -0.486 e. The van der Waals surface area contributed by atoms with E-state index in [1.54, 1.807) is 0 Å². The van der Waals surface area contributed by atoms with E-state index in [2.05, 4.69) is 10.2 Å². The Morgan fingerprint density at radius 3 is 2.39 bits per heavy atom. The Balaban J connectivity index is 1.56. The number of aromatic nitrogens is 3. The molecule has 0 aliphatic carbocycles. The van der Waals surface area contributed by atoms with Gasteiger partial charge in [-0.2, -0.15) is 0 Å². The second-order valence-electron chi connectivity index (χ2n) is 6.89. The summed E-state index contributed by atoms with van der Waals surface area (Å²) in [4.78, 5) is 12.6. The van der Waals surface area contributed by atoms with Crippen molar-refractivity contribution in [1.82, 2.24) is 14.8 Å². The Labute approximate surface area is 190 Å². The molecule has 0 saturated heterocycles. The molecule has 0 unspecified atom stereocenters. The van der Waals surface area contributed by atoms with Crippen molar-refractivity contribution < 1.29 is 9.53 Å². The van der Waals surface area contributed by atoms with E-state index in [1.165, 1.54) is 11.8 Å². The number of ketones is 1. The maximum absolute atomic E-state index is 12.6. The fourth-order valence-electron chi connectivity index (χ4n) is 2.95. The number of hydrogen-bond acceptors (Lipinski definition) is 5. The third-order valence-corrected chi connectivity index (χ3v) is 5.78. The van der Waals surface area contributed by atoms with Crippen LogP contribution < -0.4 is 4.74 Å². The summed E-state index contributed by atoms with van der Waals surface area (Å²) in [6, 6.07) is 24.5. The van der Waals surface area contributed by atoms with Crippen LogP contribution in [0.15, 0.2) is 84.0 Å². The Morgan fingerprint density at radius 1 is 0.968 bits per heavy atom. The third kappa shape index (κ3) is 5.34. The van der Waals surface area contributed by atoms with Crippen LogP contribution in [0.3, 0.4) is 0 Å². The average molecular weight is 450 g/mol. The first kappa shape index (κ1) is 21.2. The molecule has 1 heterocycles. The largest absolute Gasteiger partial charge is 0.486 e. The van der Waals surface area contributed by atoms with Crippen LogP contribution in [0.2, 0.25) is 5.02 Å². The molecule has 0 N–H and O–H groups in total. The monoisotopic (exact) mass is 449 g/mol. The van der Waals surface area contributed by atoms with Gasteiger partial charge in [-0.05, 0) is 43.3 Å². The van der Waals surface area contributed by atoms with Gasteiger partial charge in [-0.15, -0.1) is 10.2 Å². The van der Waals surface area contributed by atoms with Crippen molar-refractivity contribution in [1.29, 1.82) is 0 Å². The van der Waals surface area contributed by atoms with Crippen molar-refractivity contribution in [2.75, 3.05) is 5.75 Å². The lowest BCUT2D eigenvalue weighted by Crippen LogP contribution is -2.08. The second kappa shape index (κ2) is 9.81. The van der Waals surface area contributed by atoms with E-state index >= 15 is 0 Å². The van der Waals surface area contributed by atoms with Gasteiger partial charge >= 0.3 is 0 Å². The van der Waals surface area contributed by atoms with E-state index in [9.17, 15) is 4.79 Å². The SMILES string of the molecule is Cc1ccc(C(=O)CSc2nnc(COc3ccccc3)n2-c2ccc(Cl)cc2)cc1. The van der Waals surface area contributed by atoms with Crippen molar-refractivity contribution >= 4 is 29.1 Å². The van der Waals surface area contributed by atoms with E-state index in [-0.39, 0.29) is 18.1 Å². The van der Waals surface area contributed by atoms with E-state index in [0.29, 0.717) is 21.6 Å². The molecule has 5 nitrogen and oxygen atoms in total. The number of Topliss-reactive ketones (excluding diaryl/α,β-unsaturated/α-hetero) is 1. The topological polar surface area (TPSA) is 57.0 Å². The van der Waals surface area contributed by atoms with Crippen LogP contribution in [0, 0.1) is 6.92 Å². The number of carbonyl (C=O) groups excluding carboxylic acids is 1. The fourth-order valence-corrected chi connectivity index (χ4v) is 3.95. The number of halogens is 1. The Bertz CT molecular complexity index is 1160. The molecule has 1 aromatic heterocycles. The molecular weight excluding hydrogens is 430 g/mol. The summed E-state index contributed by atoms with van der Waals surface area (Å²) in [6.07, 6.45) is 0. The lowest BCUT2D eigenvalue weighted by Gasteiger charge is -2.11. The first-order chi connectivity index (χ1) is 15.1. The lowest BCUT2D eigenvalue weighted by molar-refractivity contribution is 0.102. The number of hydrogen-bond donors (Lipinski definition) is 0. The minimum atomic E-state index is 0.0396. The predicted molar refractivity (Wildman–Crippen MR) is 123 cm³/mol. The molecule has 0 aliphatic rings. The van der Waals surface area contributed by atoms with Crippen LogP contribution in [-0.2, 0) is 6.61 Å². The smallest absolute Gasteiger partial charge is 0.196 e. The minimum absolute atomic E-state index is 0.0396. The maximum Gasteiger partial charge on any atom is 0.196 e. The standard InChI is InChI=1S/C24H20ClN3O2S/c1-17-7-9-18(10-8-17)22(29)16-31-24-27-26-23(15-30-21-5-3-2-4-6-21)28(24)20-13-11-19(25)12-14-20/h2-14H,15-16H2,1H3. The summed E-state index contributed by atoms with van der Waals surface area (Å²) >= 11 is 7.41. The second-order valence-corrected chi connectivity index (χ2v) is 8.27. The molecule has 0 saturated carbocycles. The van der Waals surface area contributed by atoms with Gasteiger partial charge in [-0.25, -0.2) is 0 Å². The summed E-state index contributed by atoms with van der Waals surface area (Å²) < 4.78 is 7.77. The molecule has 0 radical (unpaired) electrons. The summed E-state index contributed by atoms with van der Waals surface area (Å²) in [7, 11) is 0. The third-order valence-electron chi connectivity index (χ3n) is 4.60. The van der Waals surface area contributed by atoms with Crippen molar-refractivity contribution in [3.8, 4) is 11.4 Å². The molecule has 3 aromatic carbocycles. The molecule has 0 atom stereocenters. The summed E-state index contributed by atoms with van der Waals surface area (Å²) in [5.41, 5.74) is 2.66. The lowest BCUT2D eigenvalue weighted by atomic mass is 10.1. The van der Waals surface area contributed by atoms with Crippen LogP contribution in [0.4, 0.5) is 0 Å². The van der Waals surface area contributed by atoms with Gasteiger partial charge in [0.1, 0.15) is 12.4 Å². The first-order valence-electron chi connectivity index (χ1n) is 9.71. The highest BCUT2D eigenvalue weighted by Crippen LogP contribution is 2.25. The Kier molecular flexibility index (Phi) is 6.70. The number of rotatable bonds is 8. The van der Waals surface area contributed by atoms with Gasteiger partial charge in [0.15, 0.2) is 16.8 Å². The molecule has 4 aromatic rings. The fraction of sp³-hybridized carbons (Fsp3) is 0.125. The van der Waals surface area contributed by atoms with E-state index in [1.807, 2.05) is 90.4 Å². The summed E-state index contributed by atoms with van der Waals surface area (Å²) in [6.45, 7) is 2.24. The maximum atomic E-state index is 12.6. The number of aryl methyl sites for hydroxylation is 1. The number of nitrogens with zero attached hydrogens (tertiary/aromatic N) is 3. The average Bonchev–Trinajstić information content (AvgIpc) is 3.20. The highest BCUT2D eigenvalue weighted by molar-refractivity contribution is 7.99. The van der Waals surface area contributed by atoms with Gasteiger partial charge in [0.25, 0.3) is 0 Å². The molecule has 31 heavy (non-hydrogen) atoms. The van der Waals surface area contributed by atoms with E-state index < -0.39 is 0 Å². The van der Waals surface area contributed by atoms with Crippen molar-refractivity contribution in [3.63, 3.8) is 0 Å². The van der Waals surface area contributed by atoms with Crippen molar-refractivity contribution in [3.05, 3.63) is 101 Å². The quantitative estimate of drug-likeness (QED) is 0.252. The van der Waals surface area contributed by atoms with Gasteiger partial charge in [-0.1, -0.05) is 71.4 Å². The Morgan fingerprint density at radius 2 is 1.68 bits per heavy atom. The summed E-state index contributed by atoms with van der Waals surface area (Å²) in [5.74, 6) is 1.68. The number of ether oxygens (including phenoxy) is 1. The van der Waals surface area contributed by atoms with Crippen LogP contribution in [-0.4, -0.2) is 26.3 Å². The van der Waals surface area contributed by atoms with Crippen LogP contribution in [0.5, 0.6) is 5.75 Å². The molecule has 0 aliphatic heterocycles. The van der Waals surface area contributed by atoms with E-state index in [4.69, 9.17) is 16.3 Å². The van der Waals surface area contributed by atoms with Gasteiger partial charge in [0.05, 0.1) is 5.75 Å². The van der Waals surface area contributed by atoms with Gasteiger partial charge in [-0.3, -0.25) is 9.36 Å². The number of benzene rings is 3. The molecule has 156 valence electrons. The van der Waals surface area contributed by atoms with Gasteiger partial charge in [0, 0.05) is 16.3 Å². The van der Waals surface area contributed by atoms with Crippen LogP contribution >= 0.6 is 23.4 Å². The molecule has 0 amide bonds. The normalized spacial score (nSPS) is 10.8. The van der Waals surface area contributed by atoms with Crippen LogP contribution in [0.1, 0.15) is 21.7 Å². The molecule has 0 spiro atoms. The summed E-state index contributed by atoms with van der Waals surface area (Å²) in [5, 5.41) is 9.89. The van der Waals surface area contributed by atoms with Crippen molar-refractivity contribution in [2.24, 2.45) is 0 Å². The highest BCUT2D eigenvalue weighted by atomic mass is 35.5. The van der Waals surface area contributed by atoms with Crippen molar-refractivity contribution in [2.45, 2.75) is 18.7 Å². The van der Waals surface area contributed by atoms with E-state index in [0.717, 1.165) is 17.0 Å². The molecule has 4 rings (SSSR count). The van der Waals surface area contributed by atoms with Gasteiger partial charge < -0.3 is 4.74 Å². The zero-order valence-electron chi connectivity index (χ0n) is 16.9. The highest BCUT2D eigenvalue weighted by Gasteiger charge is 2.17. The molecular formula is C24H20ClN3O2S. The molecule has 7 heteroatoms.